The molecule has 0 bridgehead atoms. The van der Waals surface area contributed by atoms with E-state index in [4.69, 9.17) is 0 Å². The van der Waals surface area contributed by atoms with Gasteiger partial charge in [0, 0.05) is 5.41 Å². The van der Waals surface area contributed by atoms with Crippen LogP contribution in [0, 0.1) is 35.0 Å². The first-order valence-electron chi connectivity index (χ1n) is 9.92. The summed E-state index contributed by atoms with van der Waals surface area (Å²) in [7, 11) is -5.62. The van der Waals surface area contributed by atoms with Crippen molar-refractivity contribution in [1.82, 2.24) is 0 Å². The third-order valence-electron chi connectivity index (χ3n) is 7.92. The van der Waals surface area contributed by atoms with Crippen molar-refractivity contribution < 1.29 is 30.9 Å². The molecule has 0 aromatic carbocycles. The minimum absolute atomic E-state index is 0.00975. The molecule has 0 radical (unpaired) electrons. The van der Waals surface area contributed by atoms with Gasteiger partial charge in [-0.3, -0.25) is 0 Å². The minimum atomic E-state index is -5.62. The van der Waals surface area contributed by atoms with Crippen LogP contribution in [0.3, 0.4) is 0 Å². The zero-order valence-electron chi connectivity index (χ0n) is 15.4. The summed E-state index contributed by atoms with van der Waals surface area (Å²) >= 11 is 0. The Bertz CT molecular complexity index is 732. The Hall–Kier alpha value is -0.760. The van der Waals surface area contributed by atoms with Gasteiger partial charge in [-0.15, -0.1) is 0 Å². The molecular formula is C19H27F3O4S. The third-order valence-corrected chi connectivity index (χ3v) is 8.89. The highest BCUT2D eigenvalue weighted by Crippen LogP contribution is 2.63. The van der Waals surface area contributed by atoms with Crippen LogP contribution in [0.25, 0.3) is 0 Å². The second-order valence-electron chi connectivity index (χ2n) is 9.15. The lowest BCUT2D eigenvalue weighted by Gasteiger charge is -2.55. The number of aliphatic hydroxyl groups is 1. The summed E-state index contributed by atoms with van der Waals surface area (Å²) in [6.07, 6.45) is 8.29. The molecule has 0 saturated heterocycles. The second kappa shape index (κ2) is 6.37. The first-order valence-corrected chi connectivity index (χ1v) is 11.3. The number of alkyl halides is 3. The smallest absolute Gasteiger partial charge is 0.393 e. The summed E-state index contributed by atoms with van der Waals surface area (Å²) in [6, 6.07) is 0. The van der Waals surface area contributed by atoms with Crippen LogP contribution in [0.15, 0.2) is 11.8 Å². The number of hydrogen-bond acceptors (Lipinski definition) is 4. The van der Waals surface area contributed by atoms with Gasteiger partial charge in [0.15, 0.2) is 0 Å². The highest BCUT2D eigenvalue weighted by Gasteiger charge is 2.58. The van der Waals surface area contributed by atoms with Crippen molar-refractivity contribution in [2.45, 2.75) is 69.9 Å². The van der Waals surface area contributed by atoms with Crippen LogP contribution < -0.4 is 0 Å². The Kier molecular flexibility index (Phi) is 4.61. The monoisotopic (exact) mass is 408 g/mol. The Labute approximate surface area is 158 Å². The third kappa shape index (κ3) is 3.11. The van der Waals surface area contributed by atoms with Crippen molar-refractivity contribution in [2.24, 2.45) is 35.0 Å². The van der Waals surface area contributed by atoms with Crippen molar-refractivity contribution in [3.8, 4) is 0 Å². The number of rotatable bonds is 2. The molecule has 0 unspecified atom stereocenters. The van der Waals surface area contributed by atoms with Gasteiger partial charge in [0.1, 0.15) is 5.76 Å². The molecule has 0 aliphatic heterocycles. The molecule has 4 aliphatic rings. The van der Waals surface area contributed by atoms with Gasteiger partial charge in [0.05, 0.1) is 6.10 Å². The van der Waals surface area contributed by atoms with Crippen LogP contribution >= 0.6 is 0 Å². The molecule has 0 amide bonds. The molecule has 4 aliphatic carbocycles. The molecule has 0 aromatic heterocycles. The normalized spacial score (nSPS) is 44.7. The summed E-state index contributed by atoms with van der Waals surface area (Å²) < 4.78 is 65.9. The summed E-state index contributed by atoms with van der Waals surface area (Å²) in [5.74, 6) is 2.19. The van der Waals surface area contributed by atoms with E-state index >= 15 is 0 Å². The fourth-order valence-electron chi connectivity index (χ4n) is 6.65. The fourth-order valence-corrected chi connectivity index (χ4v) is 7.24. The lowest BCUT2D eigenvalue weighted by atomic mass is 9.50. The molecule has 1 N–H and O–H groups in total. The van der Waals surface area contributed by atoms with E-state index in [1.165, 1.54) is 0 Å². The molecular weight excluding hydrogens is 381 g/mol. The van der Waals surface area contributed by atoms with Gasteiger partial charge < -0.3 is 9.29 Å². The Morgan fingerprint density at radius 3 is 2.52 bits per heavy atom. The lowest BCUT2D eigenvalue weighted by molar-refractivity contribution is -0.0724. The molecule has 0 spiro atoms. The topological polar surface area (TPSA) is 63.6 Å². The maximum atomic E-state index is 12.8. The van der Waals surface area contributed by atoms with Crippen LogP contribution in [0.5, 0.6) is 0 Å². The predicted molar refractivity (Wildman–Crippen MR) is 92.6 cm³/mol. The molecule has 0 aromatic rings. The summed E-state index contributed by atoms with van der Waals surface area (Å²) in [5.41, 5.74) is -6.04. The zero-order valence-corrected chi connectivity index (χ0v) is 16.2. The maximum Gasteiger partial charge on any atom is 0.534 e. The molecule has 154 valence electrons. The standard InChI is InChI=1S/C19H27F3O4S/c1-18-9-8-14-13-5-3-12(23)10-11(13)2-4-15(14)16(18)6-7-17(18)26-27(24,25)19(20,21)22/h7,11-16,23H,2-6,8-10H2,1H3/t11-,12-,13+,14-,15-,16+,18+/m1/s1. The number of halogens is 3. The molecule has 3 saturated carbocycles. The van der Waals surface area contributed by atoms with Gasteiger partial charge in [-0.2, -0.15) is 21.6 Å². The van der Waals surface area contributed by atoms with Gasteiger partial charge in [-0.05, 0) is 87.0 Å². The number of allylic oxidation sites excluding steroid dienone is 2. The summed E-state index contributed by atoms with van der Waals surface area (Å²) in [6.45, 7) is 1.87. The first kappa shape index (κ1) is 19.6. The minimum Gasteiger partial charge on any atom is -0.393 e. The highest BCUT2D eigenvalue weighted by molar-refractivity contribution is 7.87. The molecule has 4 nitrogen and oxygen atoms in total. The molecule has 0 heterocycles. The van der Waals surface area contributed by atoms with E-state index in [1.54, 1.807) is 6.08 Å². The quantitative estimate of drug-likeness (QED) is 0.545. The summed E-state index contributed by atoms with van der Waals surface area (Å²) in [4.78, 5) is 0. The van der Waals surface area contributed by atoms with E-state index in [1.807, 2.05) is 6.92 Å². The predicted octanol–water partition coefficient (Wildman–Crippen LogP) is 4.36. The lowest BCUT2D eigenvalue weighted by Crippen LogP contribution is -2.48. The molecule has 27 heavy (non-hydrogen) atoms. The number of fused-ring (bicyclic) bond motifs is 5. The number of aliphatic hydroxyl groups excluding tert-OH is 1. The van der Waals surface area contributed by atoms with Crippen molar-refractivity contribution >= 4 is 10.1 Å². The Morgan fingerprint density at radius 2 is 1.81 bits per heavy atom. The largest absolute Gasteiger partial charge is 0.534 e. The zero-order chi connectivity index (χ0) is 19.6. The number of hydrogen-bond donors (Lipinski definition) is 1. The van der Waals surface area contributed by atoms with Gasteiger partial charge >= 0.3 is 15.6 Å². The maximum absolute atomic E-state index is 12.8. The molecule has 8 heteroatoms. The van der Waals surface area contributed by atoms with E-state index in [0.29, 0.717) is 36.5 Å². The van der Waals surface area contributed by atoms with Gasteiger partial charge in [-0.25, -0.2) is 0 Å². The Morgan fingerprint density at radius 1 is 1.11 bits per heavy atom. The first-order chi connectivity index (χ1) is 12.5. The van der Waals surface area contributed by atoms with E-state index in [0.717, 1.165) is 38.5 Å². The van der Waals surface area contributed by atoms with Crippen LogP contribution in [0.1, 0.15) is 58.3 Å². The van der Waals surface area contributed by atoms with Crippen molar-refractivity contribution in [1.29, 1.82) is 0 Å². The van der Waals surface area contributed by atoms with Gasteiger partial charge in [0.2, 0.25) is 0 Å². The molecule has 3 fully saturated rings. The SMILES string of the molecule is C[C@]12CC[C@H]3[C@@H](CC[C@@H]4C[C@H](O)CC[C@@H]43)[C@@H]1CC=C2OS(=O)(=O)C(F)(F)F. The molecule has 4 rings (SSSR count). The van der Waals surface area contributed by atoms with Crippen LogP contribution in [0.4, 0.5) is 13.2 Å². The second-order valence-corrected chi connectivity index (χ2v) is 10.7. The van der Waals surface area contributed by atoms with E-state index in [2.05, 4.69) is 4.18 Å². The van der Waals surface area contributed by atoms with Gasteiger partial charge in [-0.1, -0.05) is 6.92 Å². The average Bonchev–Trinajstić information content (AvgIpc) is 2.89. The van der Waals surface area contributed by atoms with Crippen LogP contribution in [-0.4, -0.2) is 25.1 Å². The highest BCUT2D eigenvalue weighted by atomic mass is 32.2. The van der Waals surface area contributed by atoms with E-state index in [9.17, 15) is 26.7 Å². The van der Waals surface area contributed by atoms with Crippen LogP contribution in [-0.2, 0) is 14.3 Å². The van der Waals surface area contributed by atoms with Crippen molar-refractivity contribution in [3.63, 3.8) is 0 Å². The van der Waals surface area contributed by atoms with Crippen molar-refractivity contribution in [2.75, 3.05) is 0 Å². The van der Waals surface area contributed by atoms with E-state index in [-0.39, 0.29) is 17.8 Å². The van der Waals surface area contributed by atoms with E-state index < -0.39 is 21.0 Å². The Balaban J connectivity index is 1.53. The fraction of sp³-hybridized carbons (Fsp3) is 0.895. The summed E-state index contributed by atoms with van der Waals surface area (Å²) in [5, 5.41) is 9.97. The average molecular weight is 408 g/mol. The van der Waals surface area contributed by atoms with Gasteiger partial charge in [0.25, 0.3) is 0 Å². The van der Waals surface area contributed by atoms with Crippen LogP contribution in [0.2, 0.25) is 0 Å². The van der Waals surface area contributed by atoms with Crippen molar-refractivity contribution in [3.05, 3.63) is 11.8 Å². The molecule has 7 atom stereocenters.